The molecule has 27 heavy (non-hydrogen) atoms. The minimum Gasteiger partial charge on any atom is -0.371 e. The van der Waals surface area contributed by atoms with E-state index in [1.807, 2.05) is 30.5 Å². The minimum absolute atomic E-state index is 0.0147. The summed E-state index contributed by atoms with van der Waals surface area (Å²) in [5.74, 6) is 0.107. The van der Waals surface area contributed by atoms with Gasteiger partial charge in [-0.25, -0.2) is 4.98 Å². The van der Waals surface area contributed by atoms with Gasteiger partial charge in [-0.2, -0.15) is 17.0 Å². The van der Waals surface area contributed by atoms with E-state index >= 15 is 0 Å². The minimum atomic E-state index is -3.41. The molecule has 2 aromatic rings. The summed E-state index contributed by atoms with van der Waals surface area (Å²) in [7, 11) is -0.256. The maximum Gasteiger partial charge on any atom is 0.281 e. The summed E-state index contributed by atoms with van der Waals surface area (Å²) in [6.45, 7) is 3.40. The van der Waals surface area contributed by atoms with Crippen molar-refractivity contribution in [2.75, 3.05) is 27.2 Å². The van der Waals surface area contributed by atoms with Gasteiger partial charge in [0.1, 0.15) is 0 Å². The Hall–Kier alpha value is -1.32. The average molecular weight is 410 g/mol. The molecule has 0 spiro atoms. The zero-order valence-electron chi connectivity index (χ0n) is 16.0. The van der Waals surface area contributed by atoms with Crippen LogP contribution in [0.3, 0.4) is 0 Å². The van der Waals surface area contributed by atoms with E-state index in [-0.39, 0.29) is 12.0 Å². The van der Waals surface area contributed by atoms with E-state index in [2.05, 4.69) is 17.1 Å². The van der Waals surface area contributed by atoms with Crippen molar-refractivity contribution < 1.29 is 13.2 Å². The Labute approximate surface area is 166 Å². The second-order valence-electron chi connectivity index (χ2n) is 7.09. The standard InChI is InChI=1S/C19H27N3O3S2/c1-15-20-18(14-26-15)13-25-19-9-10-22(27(23,24)21(2)3)12-17(19)11-16-7-5-4-6-8-16/h4-8,14,17,19H,9-13H2,1-3H3/t17-,19+/m1/s1. The predicted octanol–water partition coefficient (Wildman–Crippen LogP) is 2.71. The molecule has 0 amide bonds. The van der Waals surface area contributed by atoms with Crippen LogP contribution in [0, 0.1) is 12.8 Å². The van der Waals surface area contributed by atoms with Crippen LogP contribution in [-0.2, 0) is 28.0 Å². The van der Waals surface area contributed by atoms with Crippen molar-refractivity contribution in [1.29, 1.82) is 0 Å². The lowest BCUT2D eigenvalue weighted by Gasteiger charge is -2.38. The molecule has 0 unspecified atom stereocenters. The van der Waals surface area contributed by atoms with E-state index in [4.69, 9.17) is 4.74 Å². The van der Waals surface area contributed by atoms with Crippen molar-refractivity contribution in [2.45, 2.75) is 32.5 Å². The van der Waals surface area contributed by atoms with Crippen LogP contribution in [0.2, 0.25) is 0 Å². The second-order valence-corrected chi connectivity index (χ2v) is 10.3. The quantitative estimate of drug-likeness (QED) is 0.705. The molecule has 1 fully saturated rings. The lowest BCUT2D eigenvalue weighted by atomic mass is 9.89. The van der Waals surface area contributed by atoms with E-state index < -0.39 is 10.2 Å². The summed E-state index contributed by atoms with van der Waals surface area (Å²) in [5.41, 5.74) is 2.14. The number of rotatable bonds is 7. The summed E-state index contributed by atoms with van der Waals surface area (Å²) >= 11 is 1.62. The van der Waals surface area contributed by atoms with Crippen molar-refractivity contribution in [3.63, 3.8) is 0 Å². The highest BCUT2D eigenvalue weighted by Gasteiger charge is 2.36. The highest BCUT2D eigenvalue weighted by atomic mass is 32.2. The number of benzene rings is 1. The van der Waals surface area contributed by atoms with Crippen LogP contribution >= 0.6 is 11.3 Å². The molecule has 1 aromatic carbocycles. The van der Waals surface area contributed by atoms with Crippen molar-refractivity contribution in [3.05, 3.63) is 52.0 Å². The second kappa shape index (κ2) is 8.79. The largest absolute Gasteiger partial charge is 0.371 e. The fraction of sp³-hybridized carbons (Fsp3) is 0.526. The lowest BCUT2D eigenvalue weighted by Crippen LogP contribution is -2.50. The molecule has 0 bridgehead atoms. The first-order chi connectivity index (χ1) is 12.9. The van der Waals surface area contributed by atoms with Gasteiger partial charge in [0, 0.05) is 38.5 Å². The first-order valence-corrected chi connectivity index (χ1v) is 11.4. The highest BCUT2D eigenvalue weighted by molar-refractivity contribution is 7.86. The van der Waals surface area contributed by atoms with Gasteiger partial charge >= 0.3 is 0 Å². The normalized spacial score (nSPS) is 21.6. The highest BCUT2D eigenvalue weighted by Crippen LogP contribution is 2.27. The molecular weight excluding hydrogens is 382 g/mol. The molecule has 0 radical (unpaired) electrons. The topological polar surface area (TPSA) is 62.7 Å². The van der Waals surface area contributed by atoms with E-state index in [1.165, 1.54) is 9.87 Å². The summed E-state index contributed by atoms with van der Waals surface area (Å²) in [6, 6.07) is 10.2. The fourth-order valence-electron chi connectivity index (χ4n) is 3.42. The van der Waals surface area contributed by atoms with E-state index in [0.29, 0.717) is 26.1 Å². The molecule has 1 saturated heterocycles. The number of thiazole rings is 1. The van der Waals surface area contributed by atoms with Gasteiger partial charge in [-0.3, -0.25) is 0 Å². The number of nitrogens with zero attached hydrogens (tertiary/aromatic N) is 3. The molecular formula is C19H27N3O3S2. The molecule has 1 aromatic heterocycles. The van der Waals surface area contributed by atoms with Gasteiger partial charge in [0.05, 0.1) is 23.4 Å². The number of aromatic nitrogens is 1. The first kappa shape index (κ1) is 20.4. The van der Waals surface area contributed by atoms with Crippen molar-refractivity contribution in [1.82, 2.24) is 13.6 Å². The molecule has 1 aliphatic rings. The molecule has 6 nitrogen and oxygen atoms in total. The zero-order valence-corrected chi connectivity index (χ0v) is 17.7. The Morgan fingerprint density at radius 3 is 2.67 bits per heavy atom. The van der Waals surface area contributed by atoms with Crippen molar-refractivity contribution in [3.8, 4) is 0 Å². The monoisotopic (exact) mass is 409 g/mol. The Morgan fingerprint density at radius 1 is 1.30 bits per heavy atom. The van der Waals surface area contributed by atoms with Gasteiger partial charge in [0.25, 0.3) is 10.2 Å². The van der Waals surface area contributed by atoms with Crippen LogP contribution in [0.1, 0.15) is 22.7 Å². The van der Waals surface area contributed by atoms with Gasteiger partial charge < -0.3 is 4.74 Å². The summed E-state index contributed by atoms with van der Waals surface area (Å²) in [4.78, 5) is 4.46. The van der Waals surface area contributed by atoms with Gasteiger partial charge in [0.2, 0.25) is 0 Å². The van der Waals surface area contributed by atoms with Crippen LogP contribution < -0.4 is 0 Å². The number of ether oxygens (including phenoxy) is 1. The zero-order chi connectivity index (χ0) is 19.4. The van der Waals surface area contributed by atoms with Crippen LogP contribution in [0.15, 0.2) is 35.7 Å². The molecule has 2 atom stereocenters. The predicted molar refractivity (Wildman–Crippen MR) is 108 cm³/mol. The van der Waals surface area contributed by atoms with Gasteiger partial charge in [-0.15, -0.1) is 11.3 Å². The van der Waals surface area contributed by atoms with E-state index in [9.17, 15) is 8.42 Å². The molecule has 8 heteroatoms. The van der Waals surface area contributed by atoms with Crippen molar-refractivity contribution in [2.24, 2.45) is 5.92 Å². The maximum absolute atomic E-state index is 12.6. The Bertz CT molecular complexity index is 837. The summed E-state index contributed by atoms with van der Waals surface area (Å²) < 4.78 is 34.2. The SMILES string of the molecule is Cc1nc(CO[C@H]2CCN(S(=O)(=O)N(C)C)C[C@H]2Cc2ccccc2)cs1. The van der Waals surface area contributed by atoms with Crippen LogP contribution in [0.25, 0.3) is 0 Å². The molecule has 148 valence electrons. The third-order valence-electron chi connectivity index (χ3n) is 4.87. The molecule has 1 aliphatic heterocycles. The Balaban J connectivity index is 1.73. The maximum atomic E-state index is 12.6. The van der Waals surface area contributed by atoms with Crippen molar-refractivity contribution >= 4 is 21.5 Å². The van der Waals surface area contributed by atoms with Crippen LogP contribution in [0.4, 0.5) is 0 Å². The number of aryl methyl sites for hydroxylation is 1. The van der Waals surface area contributed by atoms with E-state index in [1.54, 1.807) is 29.7 Å². The van der Waals surface area contributed by atoms with Crippen LogP contribution in [-0.4, -0.2) is 55.3 Å². The Morgan fingerprint density at radius 2 is 2.04 bits per heavy atom. The fourth-order valence-corrected chi connectivity index (χ4v) is 5.19. The van der Waals surface area contributed by atoms with Gasteiger partial charge in [-0.05, 0) is 25.3 Å². The molecule has 2 heterocycles. The number of hydrogen-bond donors (Lipinski definition) is 0. The van der Waals surface area contributed by atoms with Crippen LogP contribution in [0.5, 0.6) is 0 Å². The average Bonchev–Trinajstić information content (AvgIpc) is 3.06. The van der Waals surface area contributed by atoms with Gasteiger partial charge in [0.15, 0.2) is 0 Å². The summed E-state index contributed by atoms with van der Waals surface area (Å²) in [6.07, 6.45) is 1.50. The third-order valence-corrected chi connectivity index (χ3v) is 7.60. The molecule has 0 N–H and O–H groups in total. The number of piperidine rings is 1. The summed E-state index contributed by atoms with van der Waals surface area (Å²) in [5, 5.41) is 3.05. The lowest BCUT2D eigenvalue weighted by molar-refractivity contribution is -0.0299. The molecule has 0 saturated carbocycles. The smallest absolute Gasteiger partial charge is 0.281 e. The van der Waals surface area contributed by atoms with Gasteiger partial charge in [-0.1, -0.05) is 30.3 Å². The van der Waals surface area contributed by atoms with E-state index in [0.717, 1.165) is 17.1 Å². The molecule has 3 rings (SSSR count). The first-order valence-electron chi connectivity index (χ1n) is 9.10. The third kappa shape index (κ3) is 5.14. The molecule has 0 aliphatic carbocycles. The number of hydrogen-bond acceptors (Lipinski definition) is 5. The Kier molecular flexibility index (Phi) is 6.65.